The zero-order valence-electron chi connectivity index (χ0n) is 28.2. The quantitative estimate of drug-likeness (QED) is 0.184. The fraction of sp³-hybridized carbons (Fsp3) is 0.0213. The van der Waals surface area contributed by atoms with E-state index in [2.05, 4.69) is 107 Å². The smallest absolute Gasteiger partial charge is 0.101 e. The molecule has 2 aliphatic carbocycles. The fourth-order valence-electron chi connectivity index (χ4n) is 8.25. The maximum absolute atomic E-state index is 9.48. The van der Waals surface area contributed by atoms with Gasteiger partial charge in [-0.15, -0.1) is 0 Å². The predicted molar refractivity (Wildman–Crippen MR) is 205 cm³/mol. The summed E-state index contributed by atoms with van der Waals surface area (Å²) < 4.78 is 0. The molecule has 0 radical (unpaired) electrons. The highest BCUT2D eigenvalue weighted by molar-refractivity contribution is 5.96. The van der Waals surface area contributed by atoms with Crippen molar-refractivity contribution in [2.24, 2.45) is 0 Å². The van der Waals surface area contributed by atoms with Crippen LogP contribution in [0.4, 0.5) is 0 Å². The molecule has 0 bridgehead atoms. The minimum Gasteiger partial charge on any atom is -0.263 e. The first kappa shape index (κ1) is 30.3. The predicted octanol–water partition coefficient (Wildman–Crippen LogP) is 10.0. The van der Waals surface area contributed by atoms with Gasteiger partial charge < -0.3 is 0 Å². The lowest BCUT2D eigenvalue weighted by atomic mass is 9.70. The Bertz CT molecular complexity index is 2700. The maximum Gasteiger partial charge on any atom is 0.101 e. The van der Waals surface area contributed by atoms with Gasteiger partial charge in [0.15, 0.2) is 0 Å². The third-order valence-corrected chi connectivity index (χ3v) is 10.5. The fourth-order valence-corrected chi connectivity index (χ4v) is 8.25. The van der Waals surface area contributed by atoms with E-state index < -0.39 is 5.41 Å². The van der Waals surface area contributed by atoms with E-state index in [9.17, 15) is 10.5 Å². The summed E-state index contributed by atoms with van der Waals surface area (Å²) >= 11 is 0. The summed E-state index contributed by atoms with van der Waals surface area (Å²) in [5.41, 5.74) is 17.0. The van der Waals surface area contributed by atoms with Gasteiger partial charge in [0, 0.05) is 47.0 Å². The third kappa shape index (κ3) is 4.57. The van der Waals surface area contributed by atoms with Gasteiger partial charge in [0.05, 0.1) is 39.3 Å². The first-order valence-electron chi connectivity index (χ1n) is 17.3. The average Bonchev–Trinajstić information content (AvgIpc) is 3.70. The molecule has 4 heterocycles. The second kappa shape index (κ2) is 11.8. The molecular formula is C47H26N6. The summed E-state index contributed by atoms with van der Waals surface area (Å²) in [6.07, 6.45) is 6.62. The summed E-state index contributed by atoms with van der Waals surface area (Å²) in [4.78, 5) is 18.7. The molecule has 4 aromatic carbocycles. The Labute approximate surface area is 306 Å². The Hall–Kier alpha value is -7.54. The van der Waals surface area contributed by atoms with E-state index in [0.29, 0.717) is 11.1 Å². The van der Waals surface area contributed by atoms with Crippen molar-refractivity contribution in [3.63, 3.8) is 0 Å². The van der Waals surface area contributed by atoms with Crippen LogP contribution in [0.3, 0.4) is 0 Å². The Morgan fingerprint density at radius 1 is 0.377 bits per heavy atom. The molecule has 244 valence electrons. The highest BCUT2D eigenvalue weighted by Crippen LogP contribution is 2.63. The first-order chi connectivity index (χ1) is 26.1. The number of aromatic nitrogens is 4. The lowest BCUT2D eigenvalue weighted by Gasteiger charge is -2.31. The van der Waals surface area contributed by atoms with E-state index in [1.165, 1.54) is 44.5 Å². The van der Waals surface area contributed by atoms with E-state index in [1.54, 1.807) is 24.8 Å². The number of hydrogen-bond donors (Lipinski definition) is 0. The van der Waals surface area contributed by atoms with E-state index in [4.69, 9.17) is 9.97 Å². The van der Waals surface area contributed by atoms with Gasteiger partial charge in [-0.3, -0.25) is 9.97 Å². The summed E-state index contributed by atoms with van der Waals surface area (Å²) in [6, 6.07) is 51.0. The lowest BCUT2D eigenvalue weighted by Crippen LogP contribution is -2.26. The van der Waals surface area contributed by atoms with Gasteiger partial charge in [0.25, 0.3) is 0 Å². The molecular weight excluding hydrogens is 649 g/mol. The maximum atomic E-state index is 9.48. The van der Waals surface area contributed by atoms with Gasteiger partial charge in [-0.05, 0) is 93.0 Å². The normalized spacial score (nSPS) is 12.6. The largest absolute Gasteiger partial charge is 0.263 e. The first-order valence-corrected chi connectivity index (χ1v) is 17.3. The highest BCUT2D eigenvalue weighted by Gasteiger charge is 2.51. The molecule has 1 spiro atoms. The second-order valence-electron chi connectivity index (χ2n) is 13.3. The zero-order valence-corrected chi connectivity index (χ0v) is 28.2. The van der Waals surface area contributed by atoms with E-state index in [-0.39, 0.29) is 0 Å². The Balaban J connectivity index is 1.18. The minimum atomic E-state index is -0.574. The molecule has 8 aromatic rings. The summed E-state index contributed by atoms with van der Waals surface area (Å²) in [7, 11) is 0. The molecule has 6 heteroatoms. The van der Waals surface area contributed by atoms with Crippen LogP contribution in [0.1, 0.15) is 33.4 Å². The monoisotopic (exact) mass is 674 g/mol. The van der Waals surface area contributed by atoms with Crippen molar-refractivity contribution < 1.29 is 0 Å². The van der Waals surface area contributed by atoms with Crippen molar-refractivity contribution in [2.75, 3.05) is 0 Å². The van der Waals surface area contributed by atoms with E-state index >= 15 is 0 Å². The van der Waals surface area contributed by atoms with Crippen LogP contribution in [-0.4, -0.2) is 19.9 Å². The molecule has 0 N–H and O–H groups in total. The van der Waals surface area contributed by atoms with Crippen LogP contribution in [0, 0.1) is 22.7 Å². The van der Waals surface area contributed by atoms with Gasteiger partial charge in [0.1, 0.15) is 12.1 Å². The second-order valence-corrected chi connectivity index (χ2v) is 13.3. The molecule has 10 rings (SSSR count). The Morgan fingerprint density at radius 3 is 1.25 bits per heavy atom. The number of nitriles is 2. The molecule has 2 aliphatic rings. The van der Waals surface area contributed by atoms with Gasteiger partial charge in [0.2, 0.25) is 0 Å². The summed E-state index contributed by atoms with van der Waals surface area (Å²) in [6.45, 7) is 0. The van der Waals surface area contributed by atoms with Crippen molar-refractivity contribution in [1.82, 2.24) is 19.9 Å². The lowest BCUT2D eigenvalue weighted by molar-refractivity contribution is 0.794. The van der Waals surface area contributed by atoms with Crippen molar-refractivity contribution >= 4 is 0 Å². The molecule has 0 aliphatic heterocycles. The van der Waals surface area contributed by atoms with Crippen molar-refractivity contribution in [3.05, 3.63) is 192 Å². The molecule has 6 nitrogen and oxygen atoms in total. The topological polar surface area (TPSA) is 99.1 Å². The zero-order chi connectivity index (χ0) is 35.5. The molecule has 53 heavy (non-hydrogen) atoms. The molecule has 0 saturated heterocycles. The Morgan fingerprint density at radius 2 is 0.792 bits per heavy atom. The molecule has 0 fully saturated rings. The van der Waals surface area contributed by atoms with Gasteiger partial charge in [-0.2, -0.15) is 10.5 Å². The van der Waals surface area contributed by atoms with Crippen molar-refractivity contribution in [3.8, 4) is 79.4 Å². The van der Waals surface area contributed by atoms with Gasteiger partial charge >= 0.3 is 0 Å². The minimum absolute atomic E-state index is 0.497. The molecule has 4 aromatic heterocycles. The average molecular weight is 675 g/mol. The van der Waals surface area contributed by atoms with Crippen LogP contribution in [0.2, 0.25) is 0 Å². The molecule has 0 saturated carbocycles. The molecule has 0 atom stereocenters. The van der Waals surface area contributed by atoms with Gasteiger partial charge in [-0.25, -0.2) is 9.97 Å². The van der Waals surface area contributed by atoms with Gasteiger partial charge in [-0.1, -0.05) is 84.9 Å². The van der Waals surface area contributed by atoms with Crippen LogP contribution in [-0.2, 0) is 5.41 Å². The van der Waals surface area contributed by atoms with Crippen LogP contribution in [0.15, 0.2) is 158 Å². The number of pyridine rings is 4. The van der Waals surface area contributed by atoms with E-state index in [1.807, 2.05) is 48.5 Å². The van der Waals surface area contributed by atoms with Crippen LogP contribution in [0.25, 0.3) is 67.3 Å². The number of benzene rings is 4. The third-order valence-electron chi connectivity index (χ3n) is 10.5. The summed E-state index contributed by atoms with van der Waals surface area (Å²) in [5.74, 6) is 0. The number of rotatable bonds is 4. The number of fused-ring (bicyclic) bond motifs is 10. The van der Waals surface area contributed by atoms with Crippen molar-refractivity contribution in [1.29, 1.82) is 10.5 Å². The standard InChI is InChI=1S/C47H26N6/c48-23-29-19-33(27-50-25-29)45-13-5-11-43(52-45)31-15-17-37-38-18-16-32(44-12-6-14-46(53-44)34-20-30(24-49)26-51-28-34)22-42(38)47(41(37)21-31)39-9-3-1-7-35(39)36-8-2-4-10-40(36)47/h1-22,25-28H. The molecule has 0 amide bonds. The van der Waals surface area contributed by atoms with Crippen molar-refractivity contribution in [2.45, 2.75) is 5.41 Å². The number of hydrogen-bond acceptors (Lipinski definition) is 6. The number of nitrogens with zero attached hydrogens (tertiary/aromatic N) is 6. The highest BCUT2D eigenvalue weighted by atomic mass is 14.7. The van der Waals surface area contributed by atoms with Crippen LogP contribution < -0.4 is 0 Å². The SMILES string of the molecule is N#Cc1cncc(-c2cccc(-c3ccc4c(c3)C3(c5ccccc5-c5ccccc53)c3cc(-c5cccc(-c6cncc(C#N)c6)n5)ccc3-4)n2)c1. The van der Waals surface area contributed by atoms with E-state index in [0.717, 1.165) is 45.0 Å². The van der Waals surface area contributed by atoms with Crippen LogP contribution >= 0.6 is 0 Å². The molecule has 0 unspecified atom stereocenters. The summed E-state index contributed by atoms with van der Waals surface area (Å²) in [5, 5.41) is 19.0. The Kier molecular flexibility index (Phi) is 6.73. The van der Waals surface area contributed by atoms with Crippen LogP contribution in [0.5, 0.6) is 0 Å².